The Morgan fingerprint density at radius 1 is 0.255 bits per heavy atom. The minimum absolute atomic E-state index is 1.21. The summed E-state index contributed by atoms with van der Waals surface area (Å²) in [6.07, 6.45) is 0. The maximum atomic E-state index is 2.43. The molecule has 0 aliphatic heterocycles. The summed E-state index contributed by atoms with van der Waals surface area (Å²) >= 11 is 0. The molecule has 218 valence electrons. The number of nitrogens with zero attached hydrogens (tertiary/aromatic N) is 1. The molecule has 47 heavy (non-hydrogen) atoms. The Morgan fingerprint density at radius 2 is 0.723 bits per heavy atom. The van der Waals surface area contributed by atoms with Crippen LogP contribution >= 0.6 is 0 Å². The summed E-state index contributed by atoms with van der Waals surface area (Å²) in [5, 5.41) is 12.8. The molecule has 0 bridgehead atoms. The topological polar surface area (TPSA) is 4.93 Å². The molecule has 0 N–H and O–H groups in total. The molecule has 9 aromatic carbocycles. The summed E-state index contributed by atoms with van der Waals surface area (Å²) in [6.45, 7) is 0. The van der Waals surface area contributed by atoms with Gasteiger partial charge in [0.05, 0.1) is 16.7 Å². The molecular weight excluding hydrogens is 567 g/mol. The van der Waals surface area contributed by atoms with Crippen LogP contribution in [0.5, 0.6) is 0 Å². The summed E-state index contributed by atoms with van der Waals surface area (Å²) in [6, 6.07) is 64.5. The zero-order valence-corrected chi connectivity index (χ0v) is 25.7. The van der Waals surface area contributed by atoms with Gasteiger partial charge in [0.15, 0.2) is 0 Å². The molecule has 1 aromatic heterocycles. The summed E-state index contributed by atoms with van der Waals surface area (Å²) in [5.74, 6) is 0. The second kappa shape index (κ2) is 10.2. The average molecular weight is 596 g/mol. The van der Waals surface area contributed by atoms with E-state index in [1.54, 1.807) is 0 Å². The van der Waals surface area contributed by atoms with E-state index in [1.165, 1.54) is 92.8 Å². The highest BCUT2D eigenvalue weighted by Gasteiger charge is 2.15. The third-order valence-corrected chi connectivity index (χ3v) is 9.95. The fourth-order valence-electron chi connectivity index (χ4n) is 7.78. The summed E-state index contributed by atoms with van der Waals surface area (Å²) in [5.41, 5.74) is 8.54. The van der Waals surface area contributed by atoms with Crippen LogP contribution < -0.4 is 0 Å². The van der Waals surface area contributed by atoms with Gasteiger partial charge in [-0.05, 0) is 96.4 Å². The van der Waals surface area contributed by atoms with Gasteiger partial charge in [0.25, 0.3) is 0 Å². The zero-order valence-electron chi connectivity index (χ0n) is 25.7. The fourth-order valence-corrected chi connectivity index (χ4v) is 7.78. The van der Waals surface area contributed by atoms with Crippen molar-refractivity contribution in [2.75, 3.05) is 0 Å². The number of benzene rings is 9. The number of hydrogen-bond donors (Lipinski definition) is 0. The molecule has 0 fully saturated rings. The van der Waals surface area contributed by atoms with E-state index in [4.69, 9.17) is 0 Å². The van der Waals surface area contributed by atoms with Gasteiger partial charge in [0.1, 0.15) is 0 Å². The molecule has 0 saturated carbocycles. The predicted octanol–water partition coefficient (Wildman–Crippen LogP) is 12.7. The predicted molar refractivity (Wildman–Crippen MR) is 202 cm³/mol. The van der Waals surface area contributed by atoms with E-state index in [9.17, 15) is 0 Å². The van der Waals surface area contributed by atoms with Crippen molar-refractivity contribution in [1.29, 1.82) is 0 Å². The molecule has 1 heteroatoms. The van der Waals surface area contributed by atoms with Gasteiger partial charge in [-0.25, -0.2) is 0 Å². The van der Waals surface area contributed by atoms with Crippen molar-refractivity contribution in [2.45, 2.75) is 0 Å². The first kappa shape index (κ1) is 26.1. The lowest BCUT2D eigenvalue weighted by molar-refractivity contribution is 1.20. The fraction of sp³-hybridized carbons (Fsp3) is 0. The first-order valence-electron chi connectivity index (χ1n) is 16.3. The van der Waals surface area contributed by atoms with Crippen molar-refractivity contribution in [3.8, 4) is 27.9 Å². The number of fused-ring (bicyclic) bond motifs is 10. The van der Waals surface area contributed by atoms with Gasteiger partial charge >= 0.3 is 0 Å². The second-order valence-corrected chi connectivity index (χ2v) is 12.5. The summed E-state index contributed by atoms with van der Waals surface area (Å²) < 4.78 is 2.43. The molecule has 0 unspecified atom stereocenters. The quantitative estimate of drug-likeness (QED) is 0.179. The van der Waals surface area contributed by atoms with Crippen LogP contribution in [0, 0.1) is 0 Å². The second-order valence-electron chi connectivity index (χ2n) is 12.5. The van der Waals surface area contributed by atoms with Crippen LogP contribution in [0.4, 0.5) is 0 Å². The Morgan fingerprint density at radius 3 is 1.45 bits per heavy atom. The van der Waals surface area contributed by atoms with Gasteiger partial charge in [0, 0.05) is 16.2 Å². The van der Waals surface area contributed by atoms with E-state index in [1.807, 2.05) is 0 Å². The lowest BCUT2D eigenvalue weighted by Gasteiger charge is -2.13. The Hall–Kier alpha value is -6.18. The van der Waals surface area contributed by atoms with Gasteiger partial charge < -0.3 is 4.57 Å². The SMILES string of the molecule is c1cc(-c2ccc3c4ccccc4c4ccccc4c3c2)cc(-c2ccc3c(c2)c2ccccc2n3-c2cccc3ccccc23)c1. The smallest absolute Gasteiger partial charge is 0.0541 e. The first-order chi connectivity index (χ1) is 23.3. The van der Waals surface area contributed by atoms with E-state index >= 15 is 0 Å². The Bertz CT molecular complexity index is 2810. The Labute approximate surface area is 272 Å². The average Bonchev–Trinajstić information content (AvgIpc) is 3.48. The normalized spacial score (nSPS) is 11.8. The van der Waals surface area contributed by atoms with E-state index in [2.05, 4.69) is 180 Å². The molecule has 10 rings (SSSR count). The van der Waals surface area contributed by atoms with Crippen molar-refractivity contribution in [3.05, 3.63) is 176 Å². The molecule has 0 spiro atoms. The van der Waals surface area contributed by atoms with Crippen LogP contribution in [0.1, 0.15) is 0 Å². The van der Waals surface area contributed by atoms with Gasteiger partial charge in [-0.3, -0.25) is 0 Å². The van der Waals surface area contributed by atoms with Crippen LogP contribution in [0.25, 0.3) is 92.8 Å². The zero-order chi connectivity index (χ0) is 30.9. The highest BCUT2D eigenvalue weighted by Crippen LogP contribution is 2.39. The molecule has 10 aromatic rings. The lowest BCUT2D eigenvalue weighted by Crippen LogP contribution is -1.95. The molecular formula is C46H29N. The molecule has 0 saturated heterocycles. The van der Waals surface area contributed by atoms with Gasteiger partial charge in [-0.2, -0.15) is 0 Å². The standard InChI is InChI=1S/C46H29N/c1-2-15-35-30(11-1)12-10-22-44(35)47-45-21-8-7-20-41(45)43-29-34(24-26-46(43)47)32-14-9-13-31(27-32)33-23-25-40-38-18-4-3-16-36(38)37-17-5-6-19-39(37)42(40)28-33/h1-29H. The van der Waals surface area contributed by atoms with Gasteiger partial charge in [0.2, 0.25) is 0 Å². The maximum absolute atomic E-state index is 2.43. The monoisotopic (exact) mass is 595 g/mol. The largest absolute Gasteiger partial charge is 0.309 e. The van der Waals surface area contributed by atoms with E-state index in [0.29, 0.717) is 0 Å². The van der Waals surface area contributed by atoms with Crippen LogP contribution in [-0.2, 0) is 0 Å². The lowest BCUT2D eigenvalue weighted by atomic mass is 9.91. The molecule has 0 atom stereocenters. The summed E-state index contributed by atoms with van der Waals surface area (Å²) in [4.78, 5) is 0. The van der Waals surface area contributed by atoms with Crippen LogP contribution in [0.15, 0.2) is 176 Å². The van der Waals surface area contributed by atoms with Crippen molar-refractivity contribution < 1.29 is 0 Å². The van der Waals surface area contributed by atoms with Gasteiger partial charge in [-0.15, -0.1) is 0 Å². The Balaban J connectivity index is 1.14. The van der Waals surface area contributed by atoms with Crippen LogP contribution in [-0.4, -0.2) is 4.57 Å². The molecule has 0 aliphatic carbocycles. The van der Waals surface area contributed by atoms with Crippen molar-refractivity contribution in [2.24, 2.45) is 0 Å². The molecule has 0 aliphatic rings. The van der Waals surface area contributed by atoms with Crippen molar-refractivity contribution in [1.82, 2.24) is 4.57 Å². The molecule has 0 amide bonds. The maximum Gasteiger partial charge on any atom is 0.0541 e. The minimum atomic E-state index is 1.21. The van der Waals surface area contributed by atoms with Gasteiger partial charge in [-0.1, -0.05) is 140 Å². The van der Waals surface area contributed by atoms with Crippen molar-refractivity contribution in [3.63, 3.8) is 0 Å². The highest BCUT2D eigenvalue weighted by molar-refractivity contribution is 6.25. The molecule has 1 nitrogen and oxygen atoms in total. The third kappa shape index (κ3) is 3.97. The summed E-state index contributed by atoms with van der Waals surface area (Å²) in [7, 11) is 0. The van der Waals surface area contributed by atoms with Crippen LogP contribution in [0.3, 0.4) is 0 Å². The number of rotatable bonds is 3. The van der Waals surface area contributed by atoms with Crippen LogP contribution in [0.2, 0.25) is 0 Å². The van der Waals surface area contributed by atoms with Crippen molar-refractivity contribution >= 4 is 64.9 Å². The van der Waals surface area contributed by atoms with E-state index in [-0.39, 0.29) is 0 Å². The Kier molecular flexibility index (Phi) is 5.64. The highest BCUT2D eigenvalue weighted by atomic mass is 15.0. The third-order valence-electron chi connectivity index (χ3n) is 9.95. The van der Waals surface area contributed by atoms with E-state index < -0.39 is 0 Å². The first-order valence-corrected chi connectivity index (χ1v) is 16.3. The minimum Gasteiger partial charge on any atom is -0.309 e. The number of aromatic nitrogens is 1. The molecule has 1 heterocycles. The number of hydrogen-bond acceptors (Lipinski definition) is 0. The molecule has 0 radical (unpaired) electrons. The number of para-hydroxylation sites is 1. The van der Waals surface area contributed by atoms with E-state index in [0.717, 1.165) is 0 Å².